The third kappa shape index (κ3) is 2.57. The van der Waals surface area contributed by atoms with Crippen LogP contribution >= 0.6 is 0 Å². The summed E-state index contributed by atoms with van der Waals surface area (Å²) in [6, 6.07) is 16.4. The first-order chi connectivity index (χ1) is 9.84. The van der Waals surface area contributed by atoms with Crippen LogP contribution in [0.1, 0.15) is 5.56 Å². The van der Waals surface area contributed by atoms with Crippen molar-refractivity contribution in [2.75, 3.05) is 17.6 Å². The lowest BCUT2D eigenvalue weighted by Crippen LogP contribution is -2.07. The molecule has 3 heteroatoms. The summed E-state index contributed by atoms with van der Waals surface area (Å²) < 4.78 is 0. The Balaban J connectivity index is 1.73. The predicted octanol–water partition coefficient (Wildman–Crippen LogP) is 3.47. The molecular weight excluding hydrogens is 246 g/mol. The molecule has 1 aromatic heterocycles. The number of nitrogens with one attached hydrogen (secondary N) is 1. The van der Waals surface area contributed by atoms with Gasteiger partial charge in [0.1, 0.15) is 0 Å². The summed E-state index contributed by atoms with van der Waals surface area (Å²) in [6.07, 6.45) is 4.58. The van der Waals surface area contributed by atoms with Crippen LogP contribution in [0, 0.1) is 0 Å². The van der Waals surface area contributed by atoms with Crippen molar-refractivity contribution < 1.29 is 0 Å². The van der Waals surface area contributed by atoms with Crippen molar-refractivity contribution in [2.45, 2.75) is 6.42 Å². The first kappa shape index (κ1) is 12.5. The Labute approximate surface area is 118 Å². The van der Waals surface area contributed by atoms with Gasteiger partial charge in [0.15, 0.2) is 0 Å². The van der Waals surface area contributed by atoms with Crippen LogP contribution < -0.4 is 11.1 Å². The molecule has 0 aliphatic rings. The number of hydrogen-bond acceptors (Lipinski definition) is 3. The molecule has 100 valence electrons. The van der Waals surface area contributed by atoms with Gasteiger partial charge >= 0.3 is 0 Å². The molecule has 0 aliphatic carbocycles. The third-order valence-corrected chi connectivity index (χ3v) is 3.43. The van der Waals surface area contributed by atoms with Crippen molar-refractivity contribution in [3.8, 4) is 0 Å². The summed E-state index contributed by atoms with van der Waals surface area (Å²) in [5, 5.41) is 5.52. The van der Waals surface area contributed by atoms with Crippen LogP contribution in [-0.2, 0) is 6.42 Å². The number of hydrogen-bond donors (Lipinski definition) is 2. The molecule has 0 unspecified atom stereocenters. The van der Waals surface area contributed by atoms with E-state index in [9.17, 15) is 0 Å². The number of benzene rings is 2. The van der Waals surface area contributed by atoms with Crippen LogP contribution in [0.3, 0.4) is 0 Å². The summed E-state index contributed by atoms with van der Waals surface area (Å²) in [5.41, 5.74) is 9.31. The highest BCUT2D eigenvalue weighted by atomic mass is 14.9. The summed E-state index contributed by atoms with van der Waals surface area (Å²) in [6.45, 7) is 0.866. The molecule has 0 amide bonds. The van der Waals surface area contributed by atoms with E-state index in [2.05, 4.69) is 34.6 Å². The van der Waals surface area contributed by atoms with Crippen LogP contribution in [0.2, 0.25) is 0 Å². The van der Waals surface area contributed by atoms with E-state index in [1.54, 1.807) is 6.20 Å². The number of nitrogens with two attached hydrogens (primary N) is 1. The molecule has 0 saturated carbocycles. The van der Waals surface area contributed by atoms with Gasteiger partial charge in [-0.05, 0) is 24.1 Å². The molecule has 0 atom stereocenters. The molecule has 2 aromatic carbocycles. The third-order valence-electron chi connectivity index (χ3n) is 3.43. The Morgan fingerprint density at radius 2 is 1.85 bits per heavy atom. The van der Waals surface area contributed by atoms with E-state index in [0.29, 0.717) is 0 Å². The van der Waals surface area contributed by atoms with Gasteiger partial charge in [0.2, 0.25) is 0 Å². The molecule has 1 heterocycles. The van der Waals surface area contributed by atoms with Gasteiger partial charge in [-0.15, -0.1) is 0 Å². The van der Waals surface area contributed by atoms with Crippen molar-refractivity contribution in [3.05, 3.63) is 66.5 Å². The Hall–Kier alpha value is -2.55. The van der Waals surface area contributed by atoms with Crippen molar-refractivity contribution in [1.82, 2.24) is 4.98 Å². The highest BCUT2D eigenvalue weighted by molar-refractivity contribution is 5.98. The summed E-state index contributed by atoms with van der Waals surface area (Å²) >= 11 is 0. The van der Waals surface area contributed by atoms with E-state index in [1.807, 2.05) is 30.5 Å². The highest BCUT2D eigenvalue weighted by Gasteiger charge is 2.03. The number of fused-ring (bicyclic) bond motifs is 1. The lowest BCUT2D eigenvalue weighted by atomic mass is 10.1. The lowest BCUT2D eigenvalue weighted by molar-refractivity contribution is 1.02. The van der Waals surface area contributed by atoms with Crippen LogP contribution in [0.5, 0.6) is 0 Å². The lowest BCUT2D eigenvalue weighted by Gasteiger charge is -2.11. The highest BCUT2D eigenvalue weighted by Crippen LogP contribution is 2.27. The minimum absolute atomic E-state index is 0.790. The maximum Gasteiger partial charge on any atom is 0.0630 e. The molecule has 0 saturated heterocycles. The monoisotopic (exact) mass is 263 g/mol. The molecule has 0 radical (unpaired) electrons. The van der Waals surface area contributed by atoms with Crippen LogP contribution in [0.25, 0.3) is 10.8 Å². The summed E-state index contributed by atoms with van der Waals surface area (Å²) in [7, 11) is 0. The Kier molecular flexibility index (Phi) is 3.50. The van der Waals surface area contributed by atoms with Gasteiger partial charge in [-0.1, -0.05) is 36.4 Å². The number of nitrogen functional groups attached to an aromatic ring is 1. The Bertz CT molecular complexity index is 708. The number of nitrogens with zero attached hydrogens (tertiary/aromatic N) is 1. The van der Waals surface area contributed by atoms with Crippen LogP contribution in [0.15, 0.2) is 60.9 Å². The van der Waals surface area contributed by atoms with E-state index in [1.165, 1.54) is 5.56 Å². The van der Waals surface area contributed by atoms with E-state index in [0.717, 1.165) is 35.1 Å². The minimum Gasteiger partial charge on any atom is -0.397 e. The molecular formula is C17H17N3. The van der Waals surface area contributed by atoms with Crippen molar-refractivity contribution in [1.29, 1.82) is 0 Å². The quantitative estimate of drug-likeness (QED) is 0.709. The standard InChI is InChI=1S/C17H17N3/c18-17-15-9-10-19-12-14(15)6-7-16(17)20-11-8-13-4-2-1-3-5-13/h1-7,9-10,12,20H,8,11,18H2. The zero-order chi connectivity index (χ0) is 13.8. The Morgan fingerprint density at radius 3 is 2.70 bits per heavy atom. The molecule has 3 nitrogen and oxygen atoms in total. The van der Waals surface area contributed by atoms with E-state index in [4.69, 9.17) is 5.73 Å². The molecule has 20 heavy (non-hydrogen) atoms. The fourth-order valence-corrected chi connectivity index (χ4v) is 2.33. The number of pyridine rings is 1. The second kappa shape index (κ2) is 5.61. The van der Waals surface area contributed by atoms with Gasteiger partial charge in [0.25, 0.3) is 0 Å². The zero-order valence-corrected chi connectivity index (χ0v) is 11.2. The molecule has 3 N–H and O–H groups in total. The fraction of sp³-hybridized carbons (Fsp3) is 0.118. The molecule has 0 spiro atoms. The Morgan fingerprint density at radius 1 is 1.00 bits per heavy atom. The average molecular weight is 263 g/mol. The van der Waals surface area contributed by atoms with E-state index < -0.39 is 0 Å². The van der Waals surface area contributed by atoms with Crippen LogP contribution in [-0.4, -0.2) is 11.5 Å². The van der Waals surface area contributed by atoms with Gasteiger partial charge in [0, 0.05) is 29.7 Å². The second-order valence-corrected chi connectivity index (χ2v) is 4.79. The van der Waals surface area contributed by atoms with Gasteiger partial charge in [-0.2, -0.15) is 0 Å². The maximum atomic E-state index is 6.21. The van der Waals surface area contributed by atoms with Gasteiger partial charge < -0.3 is 11.1 Å². The fourth-order valence-electron chi connectivity index (χ4n) is 2.33. The zero-order valence-electron chi connectivity index (χ0n) is 11.2. The predicted molar refractivity (Wildman–Crippen MR) is 84.8 cm³/mol. The van der Waals surface area contributed by atoms with E-state index in [-0.39, 0.29) is 0 Å². The SMILES string of the molecule is Nc1c(NCCc2ccccc2)ccc2cnccc12. The smallest absolute Gasteiger partial charge is 0.0630 e. The van der Waals surface area contributed by atoms with Crippen LogP contribution in [0.4, 0.5) is 11.4 Å². The van der Waals surface area contributed by atoms with Crippen molar-refractivity contribution >= 4 is 22.1 Å². The average Bonchev–Trinajstić information content (AvgIpc) is 2.51. The largest absolute Gasteiger partial charge is 0.397 e. The first-order valence-corrected chi connectivity index (χ1v) is 6.74. The molecule has 0 aliphatic heterocycles. The van der Waals surface area contributed by atoms with Gasteiger partial charge in [0.05, 0.1) is 11.4 Å². The maximum absolute atomic E-state index is 6.21. The number of rotatable bonds is 4. The number of aromatic nitrogens is 1. The molecule has 3 aromatic rings. The van der Waals surface area contributed by atoms with Crippen molar-refractivity contribution in [2.24, 2.45) is 0 Å². The first-order valence-electron chi connectivity index (χ1n) is 6.74. The topological polar surface area (TPSA) is 50.9 Å². The van der Waals surface area contributed by atoms with Gasteiger partial charge in [-0.3, -0.25) is 4.98 Å². The van der Waals surface area contributed by atoms with Crippen molar-refractivity contribution in [3.63, 3.8) is 0 Å². The second-order valence-electron chi connectivity index (χ2n) is 4.79. The summed E-state index contributed by atoms with van der Waals surface area (Å²) in [4.78, 5) is 4.11. The van der Waals surface area contributed by atoms with Gasteiger partial charge in [-0.25, -0.2) is 0 Å². The minimum atomic E-state index is 0.790. The molecule has 0 bridgehead atoms. The molecule has 3 rings (SSSR count). The van der Waals surface area contributed by atoms with E-state index >= 15 is 0 Å². The summed E-state index contributed by atoms with van der Waals surface area (Å²) in [5.74, 6) is 0. The number of anilines is 2. The molecule has 0 fully saturated rings. The normalized spacial score (nSPS) is 10.6.